The first-order valence-electron chi connectivity index (χ1n) is 8.62. The van der Waals surface area contributed by atoms with Gasteiger partial charge >= 0.3 is 0 Å². The maximum Gasteiger partial charge on any atom is 0.166 e. The molecule has 3 rings (SSSR count). The fourth-order valence-corrected chi connectivity index (χ4v) is 5.32. The number of fused-ring (bicyclic) bond motifs is 1. The van der Waals surface area contributed by atoms with E-state index in [4.69, 9.17) is 0 Å². The van der Waals surface area contributed by atoms with Crippen molar-refractivity contribution in [2.24, 2.45) is 29.1 Å². The summed E-state index contributed by atoms with van der Waals surface area (Å²) in [5.41, 5.74) is 1.01. The molecule has 0 aromatic heterocycles. The summed E-state index contributed by atoms with van der Waals surface area (Å²) in [6, 6.07) is 9.73. The topological polar surface area (TPSA) is 34.1 Å². The first kappa shape index (κ1) is 15.5. The van der Waals surface area contributed by atoms with Crippen LogP contribution in [0.1, 0.15) is 56.3 Å². The van der Waals surface area contributed by atoms with Crippen LogP contribution < -0.4 is 0 Å². The van der Waals surface area contributed by atoms with E-state index in [2.05, 4.69) is 6.92 Å². The highest BCUT2D eigenvalue weighted by Crippen LogP contribution is 2.59. The second kappa shape index (κ2) is 5.98. The van der Waals surface area contributed by atoms with Crippen molar-refractivity contribution in [3.05, 3.63) is 35.9 Å². The molecule has 5 atom stereocenters. The Labute approximate surface area is 133 Å². The van der Waals surface area contributed by atoms with Crippen LogP contribution in [-0.2, 0) is 4.79 Å². The Bertz CT molecular complexity index is 550. The number of aldehydes is 1. The number of benzene rings is 1. The second-order valence-corrected chi connectivity index (χ2v) is 7.52. The molecule has 0 amide bonds. The normalized spacial score (nSPS) is 35.6. The Kier molecular flexibility index (Phi) is 4.20. The quantitative estimate of drug-likeness (QED) is 0.604. The van der Waals surface area contributed by atoms with Crippen LogP contribution in [0.25, 0.3) is 0 Å². The van der Waals surface area contributed by atoms with Gasteiger partial charge in [0.15, 0.2) is 5.78 Å². The zero-order chi connectivity index (χ0) is 15.7. The van der Waals surface area contributed by atoms with Gasteiger partial charge in [0.1, 0.15) is 6.29 Å². The van der Waals surface area contributed by atoms with Crippen molar-refractivity contribution >= 4 is 12.1 Å². The molecule has 2 saturated carbocycles. The van der Waals surface area contributed by atoms with Gasteiger partial charge in [-0.05, 0) is 42.9 Å². The minimum atomic E-state index is 0.112. The molecule has 22 heavy (non-hydrogen) atoms. The molecule has 1 aromatic carbocycles. The van der Waals surface area contributed by atoms with E-state index in [9.17, 15) is 9.59 Å². The summed E-state index contributed by atoms with van der Waals surface area (Å²) in [5, 5.41) is 0. The van der Waals surface area contributed by atoms with Crippen LogP contribution in [0.4, 0.5) is 0 Å². The molecular weight excluding hydrogens is 272 g/mol. The van der Waals surface area contributed by atoms with Gasteiger partial charge < -0.3 is 4.79 Å². The number of Topliss-reactive ketones (excluding diaryl/α,β-unsaturated/α-hetero) is 1. The lowest BCUT2D eigenvalue weighted by molar-refractivity contribution is -0.113. The molecular formula is C20H26O2. The lowest BCUT2D eigenvalue weighted by Crippen LogP contribution is -2.41. The van der Waals surface area contributed by atoms with Gasteiger partial charge in [0.2, 0.25) is 0 Å². The molecule has 1 aromatic rings. The summed E-state index contributed by atoms with van der Waals surface area (Å²) >= 11 is 0. The van der Waals surface area contributed by atoms with E-state index in [-0.39, 0.29) is 17.3 Å². The smallest absolute Gasteiger partial charge is 0.166 e. The summed E-state index contributed by atoms with van der Waals surface area (Å²) in [6.07, 6.45) is 6.59. The van der Waals surface area contributed by atoms with Gasteiger partial charge in [-0.15, -0.1) is 0 Å². The standard InChI is InChI=1S/C20H26O2/c1-14(13-21)17-10-11-18-16(9-6-12-20(17,18)2)19(22)15-7-4-3-5-8-15/h3-5,7-8,13-14,16-18H,6,9-12H2,1-2H3/t14?,16-,17?,18?,20+/m0/s1. The highest BCUT2D eigenvalue weighted by molar-refractivity contribution is 5.98. The lowest BCUT2D eigenvalue weighted by Gasteiger charge is -2.45. The Morgan fingerprint density at radius 1 is 1.23 bits per heavy atom. The number of carbonyl (C=O) groups excluding carboxylic acids is 2. The fourth-order valence-electron chi connectivity index (χ4n) is 5.32. The number of hydrogen-bond donors (Lipinski definition) is 0. The van der Waals surface area contributed by atoms with Crippen LogP contribution in [0.3, 0.4) is 0 Å². The largest absolute Gasteiger partial charge is 0.303 e. The first-order chi connectivity index (χ1) is 10.6. The van der Waals surface area contributed by atoms with Crippen LogP contribution in [-0.4, -0.2) is 12.1 Å². The van der Waals surface area contributed by atoms with Gasteiger partial charge in [-0.3, -0.25) is 4.79 Å². The molecule has 2 aliphatic rings. The molecule has 0 radical (unpaired) electrons. The molecule has 2 aliphatic carbocycles. The van der Waals surface area contributed by atoms with Crippen LogP contribution in [0.5, 0.6) is 0 Å². The van der Waals surface area contributed by atoms with Crippen LogP contribution in [0, 0.1) is 29.1 Å². The third kappa shape index (κ3) is 2.43. The third-order valence-electron chi connectivity index (χ3n) is 6.44. The molecule has 2 heteroatoms. The molecule has 2 fully saturated rings. The summed E-state index contributed by atoms with van der Waals surface area (Å²) < 4.78 is 0. The molecule has 118 valence electrons. The average molecular weight is 298 g/mol. The SMILES string of the molecule is CC(C=O)C1CCC2[C@@H](C(=O)c3ccccc3)CCC[C@]12C. The van der Waals surface area contributed by atoms with E-state index >= 15 is 0 Å². The Hall–Kier alpha value is -1.44. The number of carbonyl (C=O) groups is 2. The van der Waals surface area contributed by atoms with E-state index < -0.39 is 0 Å². The zero-order valence-electron chi connectivity index (χ0n) is 13.6. The van der Waals surface area contributed by atoms with E-state index in [0.717, 1.165) is 37.5 Å². The molecule has 0 bridgehead atoms. The van der Waals surface area contributed by atoms with Crippen molar-refractivity contribution in [3.63, 3.8) is 0 Å². The first-order valence-corrected chi connectivity index (χ1v) is 8.62. The number of ketones is 1. The molecule has 0 heterocycles. The van der Waals surface area contributed by atoms with Crippen molar-refractivity contribution < 1.29 is 9.59 Å². The maximum absolute atomic E-state index is 13.0. The predicted molar refractivity (Wildman–Crippen MR) is 87.7 cm³/mol. The van der Waals surface area contributed by atoms with Crippen molar-refractivity contribution in [1.29, 1.82) is 0 Å². The number of hydrogen-bond acceptors (Lipinski definition) is 2. The minimum Gasteiger partial charge on any atom is -0.303 e. The van der Waals surface area contributed by atoms with E-state index in [1.807, 2.05) is 37.3 Å². The molecule has 0 aliphatic heterocycles. The Morgan fingerprint density at radius 3 is 2.64 bits per heavy atom. The second-order valence-electron chi connectivity index (χ2n) is 7.52. The van der Waals surface area contributed by atoms with E-state index in [1.165, 1.54) is 6.42 Å². The monoisotopic (exact) mass is 298 g/mol. The highest BCUT2D eigenvalue weighted by Gasteiger charge is 2.53. The van der Waals surface area contributed by atoms with Gasteiger partial charge in [0.05, 0.1) is 0 Å². The Morgan fingerprint density at radius 2 is 1.95 bits per heavy atom. The van der Waals surface area contributed by atoms with Crippen molar-refractivity contribution in [3.8, 4) is 0 Å². The summed E-state index contributed by atoms with van der Waals surface area (Å²) in [5.74, 6) is 1.46. The number of rotatable bonds is 4. The van der Waals surface area contributed by atoms with Crippen LogP contribution in [0.15, 0.2) is 30.3 Å². The van der Waals surface area contributed by atoms with Crippen molar-refractivity contribution in [2.45, 2.75) is 46.0 Å². The molecule has 2 nitrogen and oxygen atoms in total. The van der Waals surface area contributed by atoms with Gasteiger partial charge in [0.25, 0.3) is 0 Å². The van der Waals surface area contributed by atoms with Crippen LogP contribution in [0.2, 0.25) is 0 Å². The molecule has 0 spiro atoms. The summed E-state index contributed by atoms with van der Waals surface area (Å²) in [4.78, 5) is 24.2. The highest BCUT2D eigenvalue weighted by atomic mass is 16.1. The Balaban J connectivity index is 1.86. The van der Waals surface area contributed by atoms with E-state index in [1.54, 1.807) is 0 Å². The maximum atomic E-state index is 13.0. The lowest BCUT2D eigenvalue weighted by atomic mass is 9.58. The average Bonchev–Trinajstić information content (AvgIpc) is 2.91. The zero-order valence-corrected chi connectivity index (χ0v) is 13.6. The third-order valence-corrected chi connectivity index (χ3v) is 6.44. The van der Waals surface area contributed by atoms with Crippen molar-refractivity contribution in [2.75, 3.05) is 0 Å². The predicted octanol–water partition coefficient (Wildman–Crippen LogP) is 4.54. The summed E-state index contributed by atoms with van der Waals surface area (Å²) in [7, 11) is 0. The van der Waals surface area contributed by atoms with Crippen molar-refractivity contribution in [1.82, 2.24) is 0 Å². The van der Waals surface area contributed by atoms with E-state index in [0.29, 0.717) is 17.6 Å². The minimum absolute atomic E-state index is 0.112. The van der Waals surface area contributed by atoms with Crippen LogP contribution >= 0.6 is 0 Å². The summed E-state index contributed by atoms with van der Waals surface area (Å²) in [6.45, 7) is 4.38. The fraction of sp³-hybridized carbons (Fsp3) is 0.600. The van der Waals surface area contributed by atoms with Gasteiger partial charge in [-0.1, -0.05) is 50.6 Å². The van der Waals surface area contributed by atoms with Gasteiger partial charge in [-0.2, -0.15) is 0 Å². The van der Waals surface area contributed by atoms with Gasteiger partial charge in [0, 0.05) is 17.4 Å². The molecule has 0 N–H and O–H groups in total. The van der Waals surface area contributed by atoms with Gasteiger partial charge in [-0.25, -0.2) is 0 Å². The molecule has 0 saturated heterocycles. The molecule has 3 unspecified atom stereocenters.